The predicted octanol–water partition coefficient (Wildman–Crippen LogP) is 3.26. The van der Waals surface area contributed by atoms with Crippen molar-refractivity contribution in [3.8, 4) is 0 Å². The number of piperazine rings is 1. The first-order chi connectivity index (χ1) is 11.6. The average molecular weight is 328 g/mol. The van der Waals surface area contributed by atoms with E-state index in [2.05, 4.69) is 12.2 Å². The number of hydrogen-bond acceptors (Lipinski definition) is 2. The fourth-order valence-corrected chi connectivity index (χ4v) is 4.09. The zero-order valence-electron chi connectivity index (χ0n) is 14.8. The molecule has 1 aromatic carbocycles. The fourth-order valence-electron chi connectivity index (χ4n) is 4.09. The second-order valence-corrected chi connectivity index (χ2v) is 7.34. The van der Waals surface area contributed by atoms with E-state index in [4.69, 9.17) is 0 Å². The Bertz CT molecular complexity index is 593. The number of carbonyl (C=O) groups is 2. The Balaban J connectivity index is 1.95. The van der Waals surface area contributed by atoms with Crippen molar-refractivity contribution in [3.05, 3.63) is 35.9 Å². The normalized spacial score (nSPS) is 24.8. The van der Waals surface area contributed by atoms with Crippen molar-refractivity contribution in [2.75, 3.05) is 0 Å². The third kappa shape index (κ3) is 2.94. The fraction of sp³-hybridized carbons (Fsp3) is 0.600. The van der Waals surface area contributed by atoms with E-state index >= 15 is 0 Å². The number of rotatable bonds is 4. The van der Waals surface area contributed by atoms with E-state index in [0.29, 0.717) is 6.54 Å². The molecule has 2 amide bonds. The summed E-state index contributed by atoms with van der Waals surface area (Å²) >= 11 is 0. The second-order valence-electron chi connectivity index (χ2n) is 7.34. The minimum absolute atomic E-state index is 0.0584. The van der Waals surface area contributed by atoms with Gasteiger partial charge in [0.2, 0.25) is 11.8 Å². The lowest BCUT2D eigenvalue weighted by Crippen LogP contribution is -2.71. The Kier molecular flexibility index (Phi) is 4.93. The Morgan fingerprint density at radius 2 is 1.83 bits per heavy atom. The van der Waals surface area contributed by atoms with Gasteiger partial charge in [0.25, 0.3) is 0 Å². The highest BCUT2D eigenvalue weighted by molar-refractivity contribution is 6.00. The van der Waals surface area contributed by atoms with Crippen molar-refractivity contribution in [1.29, 1.82) is 0 Å². The molecule has 2 atom stereocenters. The molecular weight excluding hydrogens is 300 g/mol. The van der Waals surface area contributed by atoms with Gasteiger partial charge in [-0.15, -0.1) is 0 Å². The lowest BCUT2D eigenvalue weighted by atomic mass is 9.76. The highest BCUT2D eigenvalue weighted by Gasteiger charge is 2.53. The summed E-state index contributed by atoms with van der Waals surface area (Å²) in [6.07, 6.45) is 5.62. The van der Waals surface area contributed by atoms with Crippen LogP contribution >= 0.6 is 0 Å². The lowest BCUT2D eigenvalue weighted by Gasteiger charge is -2.51. The summed E-state index contributed by atoms with van der Waals surface area (Å²) in [6, 6.07) is 9.64. The number of nitrogens with one attached hydrogen (secondary N) is 1. The van der Waals surface area contributed by atoms with Crippen LogP contribution in [0.3, 0.4) is 0 Å². The Morgan fingerprint density at radius 1 is 1.17 bits per heavy atom. The minimum Gasteiger partial charge on any atom is -0.342 e. The Labute approximate surface area is 144 Å². The van der Waals surface area contributed by atoms with Gasteiger partial charge in [0, 0.05) is 6.54 Å². The molecule has 1 saturated carbocycles. The van der Waals surface area contributed by atoms with E-state index in [1.807, 2.05) is 42.2 Å². The van der Waals surface area contributed by atoms with Crippen LogP contribution in [0, 0.1) is 5.92 Å². The summed E-state index contributed by atoms with van der Waals surface area (Å²) in [5.41, 5.74) is 0.447. The van der Waals surface area contributed by atoms with Crippen LogP contribution in [0.1, 0.15) is 57.9 Å². The summed E-state index contributed by atoms with van der Waals surface area (Å²) in [5.74, 6) is 0.304. The molecular formula is C20H28N2O2. The van der Waals surface area contributed by atoms with Crippen molar-refractivity contribution < 1.29 is 9.59 Å². The maximum Gasteiger partial charge on any atom is 0.246 e. The van der Waals surface area contributed by atoms with Crippen LogP contribution in [-0.2, 0) is 16.1 Å². The number of carbonyl (C=O) groups excluding carboxylic acids is 2. The van der Waals surface area contributed by atoms with Gasteiger partial charge < -0.3 is 10.2 Å². The highest BCUT2D eigenvalue weighted by Crippen LogP contribution is 2.38. The van der Waals surface area contributed by atoms with Crippen LogP contribution in [0.4, 0.5) is 0 Å². The molecule has 1 spiro atoms. The van der Waals surface area contributed by atoms with Gasteiger partial charge in [-0.05, 0) is 24.3 Å². The molecule has 130 valence electrons. The molecule has 2 aliphatic rings. The molecule has 1 saturated heterocycles. The summed E-state index contributed by atoms with van der Waals surface area (Å²) in [6.45, 7) is 4.64. The Hall–Kier alpha value is -1.84. The lowest BCUT2D eigenvalue weighted by molar-refractivity contribution is -0.162. The SMILES string of the molecule is CCC(C)C1NC(=O)C2(CCCCC2)N(Cc2ccccc2)C1=O. The van der Waals surface area contributed by atoms with Crippen LogP contribution in [-0.4, -0.2) is 28.3 Å². The molecule has 1 aliphatic heterocycles. The maximum atomic E-state index is 13.3. The third-order valence-electron chi connectivity index (χ3n) is 5.84. The molecule has 1 aliphatic carbocycles. The largest absolute Gasteiger partial charge is 0.342 e. The van der Waals surface area contributed by atoms with E-state index < -0.39 is 11.6 Å². The standard InChI is InChI=1S/C20H28N2O2/c1-3-15(2)17-18(23)22(14-16-10-6-4-7-11-16)20(19(24)21-17)12-8-5-9-13-20/h4,6-7,10-11,15,17H,3,5,8-9,12-14H2,1-2H3,(H,21,24). The molecule has 1 N–H and O–H groups in total. The molecule has 0 radical (unpaired) electrons. The monoisotopic (exact) mass is 328 g/mol. The number of amides is 2. The summed E-state index contributed by atoms with van der Waals surface area (Å²) in [7, 11) is 0. The molecule has 4 heteroatoms. The first-order valence-corrected chi connectivity index (χ1v) is 9.25. The molecule has 2 fully saturated rings. The van der Waals surface area contributed by atoms with Crippen LogP contribution in [0.5, 0.6) is 0 Å². The van der Waals surface area contributed by atoms with Crippen molar-refractivity contribution in [2.45, 2.75) is 70.5 Å². The zero-order valence-corrected chi connectivity index (χ0v) is 14.8. The topological polar surface area (TPSA) is 49.4 Å². The van der Waals surface area contributed by atoms with Gasteiger partial charge in [-0.3, -0.25) is 9.59 Å². The summed E-state index contributed by atoms with van der Waals surface area (Å²) < 4.78 is 0. The van der Waals surface area contributed by atoms with E-state index in [0.717, 1.165) is 44.1 Å². The van der Waals surface area contributed by atoms with Crippen molar-refractivity contribution in [2.24, 2.45) is 5.92 Å². The number of nitrogens with zero attached hydrogens (tertiary/aromatic N) is 1. The second kappa shape index (κ2) is 6.96. The van der Waals surface area contributed by atoms with E-state index in [-0.39, 0.29) is 17.7 Å². The van der Waals surface area contributed by atoms with Crippen LogP contribution in [0.2, 0.25) is 0 Å². The van der Waals surface area contributed by atoms with Gasteiger partial charge in [-0.25, -0.2) is 0 Å². The van der Waals surface area contributed by atoms with Crippen molar-refractivity contribution in [3.63, 3.8) is 0 Å². The molecule has 24 heavy (non-hydrogen) atoms. The van der Waals surface area contributed by atoms with Crippen LogP contribution in [0.25, 0.3) is 0 Å². The number of benzene rings is 1. The van der Waals surface area contributed by atoms with Crippen LogP contribution < -0.4 is 5.32 Å². The molecule has 1 aromatic rings. The quantitative estimate of drug-likeness (QED) is 0.922. The molecule has 0 bridgehead atoms. The van der Waals surface area contributed by atoms with Gasteiger partial charge in [-0.1, -0.05) is 69.9 Å². The predicted molar refractivity (Wildman–Crippen MR) is 94.2 cm³/mol. The molecule has 4 nitrogen and oxygen atoms in total. The maximum absolute atomic E-state index is 13.3. The molecule has 3 rings (SSSR count). The zero-order chi connectivity index (χ0) is 17.2. The molecule has 1 heterocycles. The van der Waals surface area contributed by atoms with E-state index in [9.17, 15) is 9.59 Å². The van der Waals surface area contributed by atoms with Gasteiger partial charge in [0.1, 0.15) is 11.6 Å². The van der Waals surface area contributed by atoms with Gasteiger partial charge >= 0.3 is 0 Å². The van der Waals surface area contributed by atoms with Gasteiger partial charge in [0.05, 0.1) is 0 Å². The molecule has 2 unspecified atom stereocenters. The minimum atomic E-state index is -0.644. The van der Waals surface area contributed by atoms with E-state index in [1.54, 1.807) is 0 Å². The van der Waals surface area contributed by atoms with Gasteiger partial charge in [0.15, 0.2) is 0 Å². The van der Waals surface area contributed by atoms with Crippen molar-refractivity contribution >= 4 is 11.8 Å². The third-order valence-corrected chi connectivity index (χ3v) is 5.84. The molecule has 0 aromatic heterocycles. The van der Waals surface area contributed by atoms with Crippen LogP contribution in [0.15, 0.2) is 30.3 Å². The summed E-state index contributed by atoms with van der Waals surface area (Å²) in [4.78, 5) is 28.2. The smallest absolute Gasteiger partial charge is 0.246 e. The summed E-state index contributed by atoms with van der Waals surface area (Å²) in [5, 5.41) is 3.06. The highest BCUT2D eigenvalue weighted by atomic mass is 16.2. The Morgan fingerprint density at radius 3 is 2.46 bits per heavy atom. The van der Waals surface area contributed by atoms with E-state index in [1.165, 1.54) is 0 Å². The van der Waals surface area contributed by atoms with Gasteiger partial charge in [-0.2, -0.15) is 0 Å². The van der Waals surface area contributed by atoms with Crippen molar-refractivity contribution in [1.82, 2.24) is 10.2 Å². The average Bonchev–Trinajstić information content (AvgIpc) is 2.63. The first kappa shape index (κ1) is 17.0. The number of hydrogen-bond donors (Lipinski definition) is 1. The first-order valence-electron chi connectivity index (χ1n) is 9.25.